The molecule has 3 aromatic carbocycles. The zero-order chi connectivity index (χ0) is 21.0. The quantitative estimate of drug-likeness (QED) is 0.581. The van der Waals surface area contributed by atoms with Gasteiger partial charge in [0.25, 0.3) is 0 Å². The molecule has 1 atom stereocenters. The first-order valence-corrected chi connectivity index (χ1v) is 10.7. The van der Waals surface area contributed by atoms with Crippen LogP contribution in [0, 0.1) is 5.82 Å². The molecule has 4 nitrogen and oxygen atoms in total. The van der Waals surface area contributed by atoms with Crippen molar-refractivity contribution in [3.05, 3.63) is 101 Å². The number of sulfonamides is 1. The van der Waals surface area contributed by atoms with E-state index in [-0.39, 0.29) is 16.8 Å². The van der Waals surface area contributed by atoms with Gasteiger partial charge in [-0.3, -0.25) is 4.90 Å². The zero-order valence-corrected chi connectivity index (χ0v) is 17.6. The number of rotatable bonds is 7. The molecule has 0 aliphatic carbocycles. The molecule has 0 aliphatic rings. The molecule has 3 rings (SSSR count). The molecule has 0 saturated carbocycles. The lowest BCUT2D eigenvalue weighted by atomic mass is 9.97. The highest BCUT2D eigenvalue weighted by Crippen LogP contribution is 2.29. The summed E-state index contributed by atoms with van der Waals surface area (Å²) in [5, 5.41) is 0. The lowest BCUT2D eigenvalue weighted by Crippen LogP contribution is -2.26. The first-order valence-electron chi connectivity index (χ1n) is 9.31. The molecule has 0 saturated heterocycles. The molecular formula is C23H25FN2O2S. The van der Waals surface area contributed by atoms with E-state index in [4.69, 9.17) is 0 Å². The molecule has 1 unspecified atom stereocenters. The predicted molar refractivity (Wildman–Crippen MR) is 113 cm³/mol. The van der Waals surface area contributed by atoms with Crippen LogP contribution in [-0.2, 0) is 16.6 Å². The molecule has 0 heterocycles. The summed E-state index contributed by atoms with van der Waals surface area (Å²) in [6.45, 7) is 0.535. The third kappa shape index (κ3) is 4.90. The van der Waals surface area contributed by atoms with Gasteiger partial charge in [0.2, 0.25) is 10.0 Å². The first-order chi connectivity index (χ1) is 13.8. The second kappa shape index (κ2) is 8.86. The van der Waals surface area contributed by atoms with Gasteiger partial charge in [-0.25, -0.2) is 17.1 Å². The van der Waals surface area contributed by atoms with E-state index in [1.54, 1.807) is 30.3 Å². The minimum atomic E-state index is -3.49. The van der Waals surface area contributed by atoms with Gasteiger partial charge in [0.05, 0.1) is 10.9 Å². The van der Waals surface area contributed by atoms with Crippen LogP contribution in [0.25, 0.3) is 0 Å². The summed E-state index contributed by atoms with van der Waals surface area (Å²) in [6, 6.07) is 23.4. The monoisotopic (exact) mass is 412 g/mol. The van der Waals surface area contributed by atoms with Gasteiger partial charge < -0.3 is 0 Å². The van der Waals surface area contributed by atoms with Crippen LogP contribution >= 0.6 is 0 Å². The van der Waals surface area contributed by atoms with Crippen molar-refractivity contribution in [3.8, 4) is 0 Å². The predicted octanol–water partition coefficient (Wildman–Crippen LogP) is 4.30. The van der Waals surface area contributed by atoms with E-state index in [1.807, 2.05) is 43.4 Å². The highest BCUT2D eigenvalue weighted by Gasteiger charge is 2.21. The average molecular weight is 413 g/mol. The van der Waals surface area contributed by atoms with Crippen LogP contribution in [0.15, 0.2) is 83.8 Å². The largest absolute Gasteiger partial charge is 0.291 e. The summed E-state index contributed by atoms with van der Waals surface area (Å²) in [5.74, 6) is -0.273. The second-order valence-corrected chi connectivity index (χ2v) is 9.37. The van der Waals surface area contributed by atoms with E-state index in [0.29, 0.717) is 6.54 Å². The molecule has 3 aromatic rings. The fourth-order valence-electron chi connectivity index (χ4n) is 3.38. The minimum Gasteiger partial charge on any atom is -0.291 e. The van der Waals surface area contributed by atoms with E-state index in [1.165, 1.54) is 30.5 Å². The average Bonchev–Trinajstić information content (AvgIpc) is 2.70. The zero-order valence-electron chi connectivity index (χ0n) is 16.8. The van der Waals surface area contributed by atoms with Crippen LogP contribution < -0.4 is 0 Å². The lowest BCUT2D eigenvalue weighted by molar-refractivity contribution is 0.270. The van der Waals surface area contributed by atoms with Crippen molar-refractivity contribution in [1.29, 1.82) is 0 Å². The highest BCUT2D eigenvalue weighted by molar-refractivity contribution is 7.89. The van der Waals surface area contributed by atoms with E-state index >= 15 is 0 Å². The number of nitrogens with zero attached hydrogens (tertiary/aromatic N) is 2. The third-order valence-electron chi connectivity index (χ3n) is 4.85. The van der Waals surface area contributed by atoms with E-state index in [0.717, 1.165) is 16.7 Å². The molecule has 0 aliphatic heterocycles. The first kappa shape index (κ1) is 21.2. The summed E-state index contributed by atoms with van der Waals surface area (Å²) in [5.41, 5.74) is 2.94. The van der Waals surface area contributed by atoms with Gasteiger partial charge >= 0.3 is 0 Å². The maximum absolute atomic E-state index is 13.4. The van der Waals surface area contributed by atoms with E-state index in [9.17, 15) is 12.8 Å². The summed E-state index contributed by atoms with van der Waals surface area (Å²) < 4.78 is 39.6. The molecule has 0 radical (unpaired) electrons. The van der Waals surface area contributed by atoms with Gasteiger partial charge in [0.15, 0.2) is 0 Å². The van der Waals surface area contributed by atoms with Gasteiger partial charge in [-0.15, -0.1) is 0 Å². The molecular weight excluding hydrogens is 387 g/mol. The maximum atomic E-state index is 13.4. The van der Waals surface area contributed by atoms with E-state index in [2.05, 4.69) is 4.90 Å². The van der Waals surface area contributed by atoms with Crippen molar-refractivity contribution >= 4 is 10.0 Å². The number of halogens is 1. The van der Waals surface area contributed by atoms with Crippen molar-refractivity contribution in [1.82, 2.24) is 9.21 Å². The van der Waals surface area contributed by atoms with Crippen LogP contribution in [0.5, 0.6) is 0 Å². The Kier molecular flexibility index (Phi) is 6.47. The van der Waals surface area contributed by atoms with E-state index < -0.39 is 10.0 Å². The Morgan fingerprint density at radius 3 is 2.07 bits per heavy atom. The molecule has 6 heteroatoms. The van der Waals surface area contributed by atoms with Gasteiger partial charge in [-0.1, -0.05) is 54.6 Å². The summed E-state index contributed by atoms with van der Waals surface area (Å²) in [6.07, 6.45) is 0. The maximum Gasteiger partial charge on any atom is 0.242 e. The SMILES string of the molecule is CN(Cc1cccc(S(=O)(=O)N(C)C)c1)C(c1ccccc1)c1ccc(F)cc1. The number of hydrogen-bond donors (Lipinski definition) is 0. The van der Waals surface area contributed by atoms with Gasteiger partial charge in [-0.05, 0) is 48.0 Å². The lowest BCUT2D eigenvalue weighted by Gasteiger charge is -2.29. The highest BCUT2D eigenvalue weighted by atomic mass is 32.2. The fourth-order valence-corrected chi connectivity index (χ4v) is 4.35. The molecule has 0 N–H and O–H groups in total. The Labute approximate surface area is 172 Å². The summed E-state index contributed by atoms with van der Waals surface area (Å²) in [7, 11) is 1.53. The van der Waals surface area contributed by atoms with Crippen molar-refractivity contribution < 1.29 is 12.8 Å². The van der Waals surface area contributed by atoms with Crippen molar-refractivity contribution in [2.75, 3.05) is 21.1 Å². The van der Waals surface area contributed by atoms with Crippen molar-refractivity contribution in [2.24, 2.45) is 0 Å². The Balaban J connectivity index is 1.94. The molecule has 0 spiro atoms. The van der Waals surface area contributed by atoms with Crippen LogP contribution in [0.2, 0.25) is 0 Å². The van der Waals surface area contributed by atoms with Gasteiger partial charge in [0, 0.05) is 20.6 Å². The topological polar surface area (TPSA) is 40.6 Å². The number of benzene rings is 3. The molecule has 152 valence electrons. The van der Waals surface area contributed by atoms with Crippen molar-refractivity contribution in [2.45, 2.75) is 17.5 Å². The summed E-state index contributed by atoms with van der Waals surface area (Å²) >= 11 is 0. The Morgan fingerprint density at radius 1 is 0.828 bits per heavy atom. The van der Waals surface area contributed by atoms with Crippen LogP contribution in [0.1, 0.15) is 22.7 Å². The second-order valence-electron chi connectivity index (χ2n) is 7.21. The smallest absolute Gasteiger partial charge is 0.242 e. The standard InChI is InChI=1S/C23H25FN2O2S/c1-25(2)29(27,28)22-11-7-8-18(16-22)17-26(3)23(19-9-5-4-6-10-19)20-12-14-21(24)15-13-20/h4-16,23H,17H2,1-3H3. The van der Waals surface area contributed by atoms with Crippen LogP contribution in [-0.4, -0.2) is 38.8 Å². The Hall–Kier alpha value is -2.54. The normalized spacial score (nSPS) is 13.0. The molecule has 29 heavy (non-hydrogen) atoms. The summed E-state index contributed by atoms with van der Waals surface area (Å²) in [4.78, 5) is 2.40. The minimum absolute atomic E-state index is 0.0917. The van der Waals surface area contributed by atoms with Gasteiger partial charge in [0.1, 0.15) is 5.82 Å². The van der Waals surface area contributed by atoms with Crippen molar-refractivity contribution in [3.63, 3.8) is 0 Å². The molecule has 0 amide bonds. The van der Waals surface area contributed by atoms with Crippen LogP contribution in [0.4, 0.5) is 4.39 Å². The fraction of sp³-hybridized carbons (Fsp3) is 0.217. The number of hydrogen-bond acceptors (Lipinski definition) is 3. The van der Waals surface area contributed by atoms with Crippen LogP contribution in [0.3, 0.4) is 0 Å². The Bertz CT molecular complexity index is 1050. The third-order valence-corrected chi connectivity index (χ3v) is 6.66. The Morgan fingerprint density at radius 2 is 1.45 bits per heavy atom. The van der Waals surface area contributed by atoms with Gasteiger partial charge in [-0.2, -0.15) is 0 Å². The molecule has 0 bridgehead atoms. The molecule has 0 aromatic heterocycles. The molecule has 0 fully saturated rings.